The van der Waals surface area contributed by atoms with Crippen LogP contribution in [0.5, 0.6) is 0 Å². The fourth-order valence-corrected chi connectivity index (χ4v) is 2.57. The second-order valence-electron chi connectivity index (χ2n) is 4.54. The molecule has 0 fully saturated rings. The first-order chi connectivity index (χ1) is 9.08. The Labute approximate surface area is 115 Å². The van der Waals surface area contributed by atoms with Crippen LogP contribution in [0.3, 0.4) is 0 Å². The van der Waals surface area contributed by atoms with Gasteiger partial charge in [0, 0.05) is 18.5 Å². The second kappa shape index (κ2) is 5.95. The molecule has 0 atom stereocenters. The third-order valence-corrected chi connectivity index (χ3v) is 3.67. The highest BCUT2D eigenvalue weighted by Gasteiger charge is 2.09. The smallest absolute Gasteiger partial charge is 0.261 e. The van der Waals surface area contributed by atoms with Gasteiger partial charge >= 0.3 is 0 Å². The molecule has 0 bridgehead atoms. The lowest BCUT2D eigenvalue weighted by Crippen LogP contribution is -2.31. The second-order valence-corrected chi connectivity index (χ2v) is 5.56. The number of hydrogen-bond donors (Lipinski definition) is 1. The van der Waals surface area contributed by atoms with Gasteiger partial charge in [-0.25, -0.2) is 0 Å². The van der Waals surface area contributed by atoms with Crippen LogP contribution in [0.1, 0.15) is 9.67 Å². The molecule has 0 radical (unpaired) electrons. The van der Waals surface area contributed by atoms with E-state index in [0.717, 1.165) is 23.3 Å². The van der Waals surface area contributed by atoms with Gasteiger partial charge in [0.25, 0.3) is 5.91 Å². The lowest BCUT2D eigenvalue weighted by Gasteiger charge is -2.10. The molecule has 0 saturated carbocycles. The highest BCUT2D eigenvalue weighted by Crippen LogP contribution is 2.14. The zero-order valence-electron chi connectivity index (χ0n) is 11.0. The summed E-state index contributed by atoms with van der Waals surface area (Å²) in [6.07, 6.45) is 0. The van der Waals surface area contributed by atoms with Crippen LogP contribution in [0.25, 0.3) is 10.8 Å². The van der Waals surface area contributed by atoms with Crippen molar-refractivity contribution in [2.75, 3.05) is 27.2 Å². The average molecular weight is 276 g/mol. The summed E-state index contributed by atoms with van der Waals surface area (Å²) in [7, 11) is 3.89. The van der Waals surface area contributed by atoms with Crippen LogP contribution >= 0.6 is 11.3 Å². The highest BCUT2D eigenvalue weighted by molar-refractivity contribution is 7.12. The Bertz CT molecular complexity index is 649. The van der Waals surface area contributed by atoms with Crippen molar-refractivity contribution in [1.29, 1.82) is 0 Å². The van der Waals surface area contributed by atoms with E-state index in [2.05, 4.69) is 5.32 Å². The lowest BCUT2D eigenvalue weighted by molar-refractivity contribution is 0.0955. The van der Waals surface area contributed by atoms with Crippen molar-refractivity contribution < 1.29 is 4.79 Å². The van der Waals surface area contributed by atoms with E-state index in [0.29, 0.717) is 16.8 Å². The zero-order valence-corrected chi connectivity index (χ0v) is 11.8. The van der Waals surface area contributed by atoms with Crippen LogP contribution in [0.2, 0.25) is 0 Å². The summed E-state index contributed by atoms with van der Waals surface area (Å²) in [6, 6.07) is 9.09. The summed E-state index contributed by atoms with van der Waals surface area (Å²) in [6.45, 7) is 1.34. The van der Waals surface area contributed by atoms with Crippen LogP contribution < -0.4 is 10.1 Å². The Morgan fingerprint density at radius 1 is 1.32 bits per heavy atom. The number of carbonyl (C=O) groups is 1. The predicted molar refractivity (Wildman–Crippen MR) is 79.0 cm³/mol. The van der Waals surface area contributed by atoms with E-state index in [1.807, 2.05) is 37.2 Å². The predicted octanol–water partition coefficient (Wildman–Crippen LogP) is 1.55. The van der Waals surface area contributed by atoms with E-state index in [-0.39, 0.29) is 10.6 Å². The van der Waals surface area contributed by atoms with Gasteiger partial charge in [-0.2, -0.15) is 0 Å². The van der Waals surface area contributed by atoms with Gasteiger partial charge in [-0.3, -0.25) is 9.59 Å². The van der Waals surface area contributed by atoms with Gasteiger partial charge in [-0.05, 0) is 31.6 Å². The zero-order chi connectivity index (χ0) is 13.8. The number of rotatable bonds is 4. The van der Waals surface area contributed by atoms with Crippen LogP contribution in [0.15, 0.2) is 35.1 Å². The molecule has 1 amide bonds. The fraction of sp³-hybridized carbons (Fsp3) is 0.286. The maximum Gasteiger partial charge on any atom is 0.261 e. The summed E-state index contributed by atoms with van der Waals surface area (Å²) >= 11 is 0.993. The molecule has 1 aromatic carbocycles. The molecule has 5 heteroatoms. The first-order valence-electron chi connectivity index (χ1n) is 6.04. The van der Waals surface area contributed by atoms with E-state index >= 15 is 0 Å². The van der Waals surface area contributed by atoms with Crippen LogP contribution in [0.4, 0.5) is 0 Å². The van der Waals surface area contributed by atoms with E-state index in [1.165, 1.54) is 0 Å². The Morgan fingerprint density at radius 3 is 2.79 bits per heavy atom. The first-order valence-corrected chi connectivity index (χ1v) is 6.85. The van der Waals surface area contributed by atoms with E-state index in [1.54, 1.807) is 12.1 Å². The van der Waals surface area contributed by atoms with Gasteiger partial charge in [-0.1, -0.05) is 29.5 Å². The van der Waals surface area contributed by atoms with Crippen molar-refractivity contribution in [2.45, 2.75) is 0 Å². The normalized spacial score (nSPS) is 10.9. The largest absolute Gasteiger partial charge is 0.350 e. The standard InChI is InChI=1S/C14H16N2O2S/c1-16(2)8-7-15-13(17)12-9-10-5-3-4-6-11(10)14(18)19-12/h3-6,9H,7-8H2,1-2H3,(H,15,17). The summed E-state index contributed by atoms with van der Waals surface area (Å²) in [5.41, 5.74) is 0. The van der Waals surface area contributed by atoms with Crippen molar-refractivity contribution in [3.63, 3.8) is 0 Å². The third kappa shape index (κ3) is 3.39. The van der Waals surface area contributed by atoms with Gasteiger partial charge in [-0.15, -0.1) is 0 Å². The molecule has 1 heterocycles. The van der Waals surface area contributed by atoms with E-state index in [4.69, 9.17) is 0 Å². The van der Waals surface area contributed by atoms with Crippen molar-refractivity contribution in [3.05, 3.63) is 44.7 Å². The number of amides is 1. The molecule has 0 aliphatic rings. The Hall–Kier alpha value is -1.72. The minimum atomic E-state index is -0.185. The van der Waals surface area contributed by atoms with Crippen LogP contribution in [0, 0.1) is 0 Å². The molecule has 1 N–H and O–H groups in total. The maximum atomic E-state index is 12.0. The number of carbonyl (C=O) groups excluding carboxylic acids is 1. The van der Waals surface area contributed by atoms with Crippen molar-refractivity contribution in [2.24, 2.45) is 0 Å². The molecule has 100 valence electrons. The monoisotopic (exact) mass is 276 g/mol. The minimum absolute atomic E-state index is 0.0733. The molecular formula is C14H16N2O2S. The van der Waals surface area contributed by atoms with Gasteiger partial charge in [0.05, 0.1) is 4.88 Å². The first kappa shape index (κ1) is 13.7. The van der Waals surface area contributed by atoms with Crippen LogP contribution in [-0.2, 0) is 0 Å². The number of benzene rings is 1. The summed E-state index contributed by atoms with van der Waals surface area (Å²) in [4.78, 5) is 26.3. The molecular weight excluding hydrogens is 260 g/mol. The molecule has 0 spiro atoms. The van der Waals surface area contributed by atoms with E-state index in [9.17, 15) is 9.59 Å². The van der Waals surface area contributed by atoms with Gasteiger partial charge in [0.1, 0.15) is 0 Å². The molecule has 0 aliphatic heterocycles. The summed E-state index contributed by atoms with van der Waals surface area (Å²) < 4.78 is -0.0733. The molecule has 2 rings (SSSR count). The highest BCUT2D eigenvalue weighted by atomic mass is 32.1. The Balaban J connectivity index is 2.21. The third-order valence-electron chi connectivity index (χ3n) is 2.74. The molecule has 0 saturated heterocycles. The number of nitrogens with zero attached hydrogens (tertiary/aromatic N) is 1. The van der Waals surface area contributed by atoms with Crippen molar-refractivity contribution >= 4 is 28.0 Å². The molecule has 4 nitrogen and oxygen atoms in total. The van der Waals surface area contributed by atoms with E-state index < -0.39 is 0 Å². The molecule has 0 unspecified atom stereocenters. The average Bonchev–Trinajstić information content (AvgIpc) is 2.38. The van der Waals surface area contributed by atoms with Crippen molar-refractivity contribution in [3.8, 4) is 0 Å². The van der Waals surface area contributed by atoms with Gasteiger partial charge < -0.3 is 10.2 Å². The summed E-state index contributed by atoms with van der Waals surface area (Å²) in [5.74, 6) is -0.185. The van der Waals surface area contributed by atoms with Gasteiger partial charge in [0.2, 0.25) is 4.74 Å². The molecule has 0 aliphatic carbocycles. The fourth-order valence-electron chi connectivity index (χ4n) is 1.73. The number of hydrogen-bond acceptors (Lipinski definition) is 4. The SMILES string of the molecule is CN(C)CCNC(=O)c1cc2ccccc2c(=O)s1. The Morgan fingerprint density at radius 2 is 2.05 bits per heavy atom. The lowest BCUT2D eigenvalue weighted by atomic mass is 10.2. The maximum absolute atomic E-state index is 12.0. The van der Waals surface area contributed by atoms with Crippen molar-refractivity contribution in [1.82, 2.24) is 10.2 Å². The topological polar surface area (TPSA) is 49.4 Å². The number of fused-ring (bicyclic) bond motifs is 1. The van der Waals surface area contributed by atoms with Gasteiger partial charge in [0.15, 0.2) is 0 Å². The quantitative estimate of drug-likeness (QED) is 0.922. The molecule has 19 heavy (non-hydrogen) atoms. The summed E-state index contributed by atoms with van der Waals surface area (Å²) in [5, 5.41) is 4.29. The molecule has 1 aromatic heterocycles. The van der Waals surface area contributed by atoms with Crippen LogP contribution in [-0.4, -0.2) is 38.0 Å². The number of likely N-dealkylation sites (N-methyl/N-ethyl adjacent to an activating group) is 1. The minimum Gasteiger partial charge on any atom is -0.350 e. The molecule has 2 aromatic rings. The number of nitrogens with one attached hydrogen (secondary N) is 1. The Kier molecular flexibility index (Phi) is 4.29.